The van der Waals surface area contributed by atoms with Gasteiger partial charge in [0.25, 0.3) is 0 Å². The summed E-state index contributed by atoms with van der Waals surface area (Å²) in [4.78, 5) is 13.2. The van der Waals surface area contributed by atoms with Crippen LogP contribution in [0.5, 0.6) is 0 Å². The fourth-order valence-corrected chi connectivity index (χ4v) is 2.71. The van der Waals surface area contributed by atoms with Crippen LogP contribution in [0.1, 0.15) is 13.3 Å². The van der Waals surface area contributed by atoms with Gasteiger partial charge < -0.3 is 5.32 Å². The first kappa shape index (κ1) is 12.4. The van der Waals surface area contributed by atoms with E-state index in [1.807, 2.05) is 11.8 Å². The van der Waals surface area contributed by atoms with Gasteiger partial charge in [0.2, 0.25) is 5.91 Å². The third-order valence-electron chi connectivity index (χ3n) is 2.38. The molecule has 0 aromatic carbocycles. The molecule has 0 radical (unpaired) electrons. The molecule has 0 saturated carbocycles. The first-order valence-corrected chi connectivity index (χ1v) is 7.05. The number of rotatable bonds is 4. The molecule has 1 rings (SSSR count). The van der Waals surface area contributed by atoms with Crippen molar-refractivity contribution in [2.45, 2.75) is 13.3 Å². The summed E-state index contributed by atoms with van der Waals surface area (Å²) in [6.45, 7) is 3.94. The van der Waals surface area contributed by atoms with Crippen LogP contribution in [0.2, 0.25) is 0 Å². The average Bonchev–Trinajstić information content (AvgIpc) is 2.18. The van der Waals surface area contributed by atoms with Crippen LogP contribution < -0.4 is 5.32 Å². The third kappa shape index (κ3) is 4.61. The van der Waals surface area contributed by atoms with Crippen LogP contribution in [0.4, 0.5) is 0 Å². The normalized spacial score (nSPS) is 21.1. The Morgan fingerprint density at radius 1 is 1.33 bits per heavy atom. The Hall–Kier alpha value is -0.620. The number of carbonyl (C=O) groups excluding carboxylic acids is 1. The van der Waals surface area contributed by atoms with Crippen molar-refractivity contribution >= 4 is 15.7 Å². The van der Waals surface area contributed by atoms with E-state index in [9.17, 15) is 13.2 Å². The van der Waals surface area contributed by atoms with E-state index in [1.165, 1.54) is 0 Å². The highest BCUT2D eigenvalue weighted by Gasteiger charge is 2.22. The van der Waals surface area contributed by atoms with E-state index in [1.54, 1.807) is 0 Å². The van der Waals surface area contributed by atoms with Gasteiger partial charge in [-0.25, -0.2) is 8.42 Å². The Balaban J connectivity index is 2.26. The van der Waals surface area contributed by atoms with Crippen LogP contribution >= 0.6 is 0 Å². The first-order chi connectivity index (χ1) is 7.03. The molecule has 88 valence electrons. The topological polar surface area (TPSA) is 66.5 Å². The van der Waals surface area contributed by atoms with Crippen LogP contribution in [-0.2, 0) is 14.6 Å². The maximum absolute atomic E-state index is 11.3. The molecule has 0 bridgehead atoms. The Morgan fingerprint density at radius 3 is 2.47 bits per heavy atom. The molecule has 1 fully saturated rings. The smallest absolute Gasteiger partial charge is 0.234 e. The molecule has 0 aliphatic carbocycles. The van der Waals surface area contributed by atoms with Crippen molar-refractivity contribution in [1.82, 2.24) is 10.2 Å². The fourth-order valence-electron chi connectivity index (χ4n) is 1.43. The maximum Gasteiger partial charge on any atom is 0.234 e. The molecule has 0 atom stereocenters. The number of carbonyl (C=O) groups is 1. The van der Waals surface area contributed by atoms with Crippen molar-refractivity contribution in [3.8, 4) is 0 Å². The predicted octanol–water partition coefficient (Wildman–Crippen LogP) is -0.757. The van der Waals surface area contributed by atoms with Gasteiger partial charge in [-0.1, -0.05) is 6.92 Å². The molecule has 1 heterocycles. The van der Waals surface area contributed by atoms with Crippen LogP contribution in [0.15, 0.2) is 0 Å². The lowest BCUT2D eigenvalue weighted by molar-refractivity contribution is -0.122. The number of hydrogen-bond donors (Lipinski definition) is 1. The Bertz CT molecular complexity index is 299. The van der Waals surface area contributed by atoms with Gasteiger partial charge in [-0.3, -0.25) is 9.69 Å². The van der Waals surface area contributed by atoms with Crippen molar-refractivity contribution < 1.29 is 13.2 Å². The lowest BCUT2D eigenvalue weighted by Gasteiger charge is -2.25. The maximum atomic E-state index is 11.3. The van der Waals surface area contributed by atoms with Crippen LogP contribution in [0.25, 0.3) is 0 Å². The van der Waals surface area contributed by atoms with E-state index < -0.39 is 9.84 Å². The summed E-state index contributed by atoms with van der Waals surface area (Å²) < 4.78 is 22.3. The largest absolute Gasteiger partial charge is 0.355 e. The second-order valence-corrected chi connectivity index (χ2v) is 6.08. The molecule has 15 heavy (non-hydrogen) atoms. The van der Waals surface area contributed by atoms with Gasteiger partial charge in [0.05, 0.1) is 18.1 Å². The van der Waals surface area contributed by atoms with Crippen molar-refractivity contribution in [1.29, 1.82) is 0 Å². The molecule has 0 unspecified atom stereocenters. The van der Waals surface area contributed by atoms with E-state index >= 15 is 0 Å². The summed E-state index contributed by atoms with van der Waals surface area (Å²) in [7, 11) is -2.84. The Morgan fingerprint density at radius 2 is 1.93 bits per heavy atom. The number of sulfone groups is 1. The fraction of sp³-hybridized carbons (Fsp3) is 0.889. The highest BCUT2D eigenvalue weighted by Crippen LogP contribution is 2.02. The average molecular weight is 234 g/mol. The minimum absolute atomic E-state index is 0.0175. The molecule has 0 aromatic heterocycles. The Labute approximate surface area is 90.7 Å². The highest BCUT2D eigenvalue weighted by molar-refractivity contribution is 7.91. The summed E-state index contributed by atoms with van der Waals surface area (Å²) in [5.41, 5.74) is 0. The molecule has 0 spiro atoms. The number of hydrogen-bond acceptors (Lipinski definition) is 4. The molecule has 1 amide bonds. The number of nitrogens with zero attached hydrogens (tertiary/aromatic N) is 1. The minimum Gasteiger partial charge on any atom is -0.355 e. The summed E-state index contributed by atoms with van der Waals surface area (Å²) >= 11 is 0. The quantitative estimate of drug-likeness (QED) is 0.694. The summed E-state index contributed by atoms with van der Waals surface area (Å²) in [5, 5.41) is 2.77. The predicted molar refractivity (Wildman–Crippen MR) is 58.4 cm³/mol. The summed E-state index contributed by atoms with van der Waals surface area (Å²) in [6, 6.07) is 0. The van der Waals surface area contributed by atoms with Crippen LogP contribution in [0.3, 0.4) is 0 Å². The van der Waals surface area contributed by atoms with Gasteiger partial charge in [-0.2, -0.15) is 0 Å². The lowest BCUT2D eigenvalue weighted by Crippen LogP contribution is -2.45. The van der Waals surface area contributed by atoms with Crippen LogP contribution in [-0.4, -0.2) is 56.9 Å². The SMILES string of the molecule is CCCNC(=O)CN1CCS(=O)(=O)CC1. The van der Waals surface area contributed by atoms with Gasteiger partial charge in [0.1, 0.15) is 0 Å². The van der Waals surface area contributed by atoms with E-state index in [0.29, 0.717) is 26.2 Å². The number of nitrogens with one attached hydrogen (secondary N) is 1. The van der Waals surface area contributed by atoms with Gasteiger partial charge in [0, 0.05) is 19.6 Å². The van der Waals surface area contributed by atoms with Crippen molar-refractivity contribution in [2.24, 2.45) is 0 Å². The molecule has 1 aliphatic heterocycles. The molecule has 1 saturated heterocycles. The number of amides is 1. The minimum atomic E-state index is -2.84. The molecule has 0 aromatic rings. The van der Waals surface area contributed by atoms with Crippen LogP contribution in [0, 0.1) is 0 Å². The van der Waals surface area contributed by atoms with Crippen molar-refractivity contribution in [2.75, 3.05) is 37.7 Å². The van der Waals surface area contributed by atoms with E-state index in [-0.39, 0.29) is 17.4 Å². The van der Waals surface area contributed by atoms with E-state index in [2.05, 4.69) is 5.32 Å². The van der Waals surface area contributed by atoms with Gasteiger partial charge in [-0.15, -0.1) is 0 Å². The van der Waals surface area contributed by atoms with Crippen molar-refractivity contribution in [3.63, 3.8) is 0 Å². The van der Waals surface area contributed by atoms with Gasteiger partial charge in [0.15, 0.2) is 9.84 Å². The second-order valence-electron chi connectivity index (χ2n) is 3.78. The third-order valence-corrected chi connectivity index (χ3v) is 3.99. The molecular weight excluding hydrogens is 216 g/mol. The lowest BCUT2D eigenvalue weighted by atomic mass is 10.4. The zero-order valence-electron chi connectivity index (χ0n) is 9.03. The molecule has 1 N–H and O–H groups in total. The monoisotopic (exact) mass is 234 g/mol. The van der Waals surface area contributed by atoms with E-state index in [0.717, 1.165) is 6.42 Å². The Kier molecular flexibility index (Phi) is 4.53. The second kappa shape index (κ2) is 5.46. The summed E-state index contributed by atoms with van der Waals surface area (Å²) in [6.07, 6.45) is 0.917. The summed E-state index contributed by atoms with van der Waals surface area (Å²) in [5.74, 6) is 0.332. The van der Waals surface area contributed by atoms with Crippen molar-refractivity contribution in [3.05, 3.63) is 0 Å². The zero-order chi connectivity index (χ0) is 11.3. The molecular formula is C9H18N2O3S. The molecule has 5 nitrogen and oxygen atoms in total. The van der Waals surface area contributed by atoms with Gasteiger partial charge >= 0.3 is 0 Å². The first-order valence-electron chi connectivity index (χ1n) is 5.23. The zero-order valence-corrected chi connectivity index (χ0v) is 9.85. The molecule has 1 aliphatic rings. The molecule has 6 heteroatoms. The van der Waals surface area contributed by atoms with Gasteiger partial charge in [-0.05, 0) is 6.42 Å². The van der Waals surface area contributed by atoms with E-state index in [4.69, 9.17) is 0 Å². The highest BCUT2D eigenvalue weighted by atomic mass is 32.2. The standard InChI is InChI=1S/C9H18N2O3S/c1-2-3-10-9(12)8-11-4-6-15(13,14)7-5-11/h2-8H2,1H3,(H,10,12).